The first-order valence-electron chi connectivity index (χ1n) is 14.5. The molecule has 0 aromatic rings. The third-order valence-electron chi connectivity index (χ3n) is 11.7. The topological polar surface area (TPSA) is 18.5 Å². The van der Waals surface area contributed by atoms with Crippen LogP contribution in [-0.2, 0) is 9.47 Å². The van der Waals surface area contributed by atoms with Gasteiger partial charge in [0.25, 0.3) is 0 Å². The molecule has 0 saturated heterocycles. The van der Waals surface area contributed by atoms with Gasteiger partial charge in [0.15, 0.2) is 0 Å². The first-order valence-corrected chi connectivity index (χ1v) is 14.5. The van der Waals surface area contributed by atoms with Crippen molar-refractivity contribution >= 4 is 0 Å². The molecule has 4 aliphatic rings. The minimum Gasteiger partial charge on any atom is -0.359 e. The Kier molecular flexibility index (Phi) is 8.06. The molecule has 190 valence electrons. The average molecular weight is 459 g/mol. The molecule has 3 saturated carbocycles. The minimum absolute atomic E-state index is 0.365. The van der Waals surface area contributed by atoms with Crippen LogP contribution in [0.1, 0.15) is 112 Å². The Morgan fingerprint density at radius 3 is 2.48 bits per heavy atom. The van der Waals surface area contributed by atoms with Crippen molar-refractivity contribution in [3.8, 4) is 0 Å². The molecule has 0 bridgehead atoms. The fourth-order valence-corrected chi connectivity index (χ4v) is 9.60. The zero-order valence-corrected chi connectivity index (χ0v) is 23.0. The van der Waals surface area contributed by atoms with Crippen molar-refractivity contribution in [1.29, 1.82) is 0 Å². The van der Waals surface area contributed by atoms with Crippen molar-refractivity contribution < 1.29 is 9.47 Å². The molecule has 0 N–H and O–H groups in total. The SMILES string of the molecule is CCC(CC[C@@H](C)[C@H]1CC[C@H]2[C@@H]3CC=C4C[C@@H](OCOC)CC[C@]4(C)[C@H]3CC[C@]12C)C(C)C. The van der Waals surface area contributed by atoms with E-state index in [9.17, 15) is 0 Å². The number of hydrogen-bond donors (Lipinski definition) is 0. The molecule has 4 aliphatic carbocycles. The molecule has 0 heterocycles. The zero-order chi connectivity index (χ0) is 23.8. The first-order chi connectivity index (χ1) is 15.7. The Balaban J connectivity index is 1.44. The lowest BCUT2D eigenvalue weighted by Crippen LogP contribution is -2.51. The second-order valence-corrected chi connectivity index (χ2v) is 13.4. The molecule has 0 spiro atoms. The fourth-order valence-electron chi connectivity index (χ4n) is 9.60. The minimum atomic E-state index is 0.365. The fraction of sp³-hybridized carbons (Fsp3) is 0.935. The Morgan fingerprint density at radius 2 is 1.79 bits per heavy atom. The highest BCUT2D eigenvalue weighted by atomic mass is 16.7. The summed E-state index contributed by atoms with van der Waals surface area (Å²) in [4.78, 5) is 0. The van der Waals surface area contributed by atoms with Crippen LogP contribution in [0.3, 0.4) is 0 Å². The van der Waals surface area contributed by atoms with E-state index in [1.165, 1.54) is 64.2 Å². The van der Waals surface area contributed by atoms with Gasteiger partial charge >= 0.3 is 0 Å². The molecule has 9 atom stereocenters. The van der Waals surface area contributed by atoms with Gasteiger partial charge in [-0.15, -0.1) is 0 Å². The molecule has 2 heteroatoms. The zero-order valence-electron chi connectivity index (χ0n) is 23.0. The highest BCUT2D eigenvalue weighted by Crippen LogP contribution is 2.67. The van der Waals surface area contributed by atoms with Gasteiger partial charge in [0, 0.05) is 7.11 Å². The monoisotopic (exact) mass is 458 g/mol. The summed E-state index contributed by atoms with van der Waals surface area (Å²) in [5, 5.41) is 0. The summed E-state index contributed by atoms with van der Waals surface area (Å²) in [7, 11) is 1.73. The summed E-state index contributed by atoms with van der Waals surface area (Å²) in [5.41, 5.74) is 2.73. The molecule has 4 rings (SSSR count). The lowest BCUT2D eigenvalue weighted by molar-refractivity contribution is -0.0985. The predicted molar refractivity (Wildman–Crippen MR) is 139 cm³/mol. The van der Waals surface area contributed by atoms with Crippen LogP contribution in [0.4, 0.5) is 0 Å². The number of ether oxygens (including phenoxy) is 2. The van der Waals surface area contributed by atoms with Crippen molar-refractivity contribution in [2.75, 3.05) is 13.9 Å². The van der Waals surface area contributed by atoms with Gasteiger partial charge in [-0.05, 0) is 110 Å². The molecule has 0 aromatic carbocycles. The van der Waals surface area contributed by atoms with Gasteiger partial charge in [-0.2, -0.15) is 0 Å². The van der Waals surface area contributed by atoms with Crippen LogP contribution < -0.4 is 0 Å². The van der Waals surface area contributed by atoms with E-state index in [2.05, 4.69) is 47.6 Å². The van der Waals surface area contributed by atoms with Crippen LogP contribution in [0, 0.1) is 52.3 Å². The second kappa shape index (κ2) is 10.3. The Hall–Kier alpha value is -0.340. The van der Waals surface area contributed by atoms with E-state index < -0.39 is 0 Å². The maximum atomic E-state index is 5.99. The number of rotatable bonds is 9. The van der Waals surface area contributed by atoms with Crippen LogP contribution in [0.5, 0.6) is 0 Å². The van der Waals surface area contributed by atoms with E-state index in [0.29, 0.717) is 23.7 Å². The van der Waals surface area contributed by atoms with E-state index >= 15 is 0 Å². The maximum absolute atomic E-state index is 5.99. The summed E-state index contributed by atoms with van der Waals surface area (Å²) in [6, 6.07) is 0. The lowest BCUT2D eigenvalue weighted by Gasteiger charge is -2.58. The van der Waals surface area contributed by atoms with E-state index in [-0.39, 0.29) is 0 Å². The number of fused-ring (bicyclic) bond motifs is 5. The first kappa shape index (κ1) is 25.7. The second-order valence-electron chi connectivity index (χ2n) is 13.4. The molecule has 3 fully saturated rings. The van der Waals surface area contributed by atoms with Gasteiger partial charge in [-0.3, -0.25) is 0 Å². The largest absolute Gasteiger partial charge is 0.359 e. The summed E-state index contributed by atoms with van der Waals surface area (Å²) >= 11 is 0. The average Bonchev–Trinajstić information content (AvgIpc) is 3.15. The highest BCUT2D eigenvalue weighted by Gasteiger charge is 2.59. The summed E-state index contributed by atoms with van der Waals surface area (Å²) < 4.78 is 11.2. The highest BCUT2D eigenvalue weighted by molar-refractivity contribution is 5.25. The van der Waals surface area contributed by atoms with E-state index in [4.69, 9.17) is 9.47 Å². The van der Waals surface area contributed by atoms with Crippen molar-refractivity contribution in [3.05, 3.63) is 11.6 Å². The Labute approximate surface area is 205 Å². The predicted octanol–water partition coefficient (Wildman–Crippen LogP) is 8.65. The van der Waals surface area contributed by atoms with E-state index in [1.54, 1.807) is 12.7 Å². The smallest absolute Gasteiger partial charge is 0.146 e. The molecule has 0 aromatic heterocycles. The number of methoxy groups -OCH3 is 1. The maximum Gasteiger partial charge on any atom is 0.146 e. The number of allylic oxidation sites excluding steroid dienone is 1. The summed E-state index contributed by atoms with van der Waals surface area (Å²) in [5.74, 6) is 6.37. The van der Waals surface area contributed by atoms with Crippen LogP contribution in [0.25, 0.3) is 0 Å². The van der Waals surface area contributed by atoms with Gasteiger partial charge in [-0.1, -0.05) is 66.0 Å². The third-order valence-corrected chi connectivity index (χ3v) is 11.7. The third kappa shape index (κ3) is 4.74. The van der Waals surface area contributed by atoms with Crippen LogP contribution >= 0.6 is 0 Å². The van der Waals surface area contributed by atoms with Crippen molar-refractivity contribution in [2.24, 2.45) is 52.3 Å². The van der Waals surface area contributed by atoms with E-state index in [1.807, 2.05) is 0 Å². The van der Waals surface area contributed by atoms with Crippen molar-refractivity contribution in [2.45, 2.75) is 118 Å². The molecular formula is C31H54O2. The van der Waals surface area contributed by atoms with Gasteiger partial charge in [0.05, 0.1) is 6.10 Å². The molecule has 1 unspecified atom stereocenters. The quantitative estimate of drug-likeness (QED) is 0.254. The molecule has 33 heavy (non-hydrogen) atoms. The van der Waals surface area contributed by atoms with Gasteiger partial charge in [-0.25, -0.2) is 0 Å². The van der Waals surface area contributed by atoms with Gasteiger partial charge in [0.2, 0.25) is 0 Å². The molecule has 0 radical (unpaired) electrons. The lowest BCUT2D eigenvalue weighted by atomic mass is 9.47. The normalized spacial score (nSPS) is 42.3. The van der Waals surface area contributed by atoms with Crippen molar-refractivity contribution in [3.63, 3.8) is 0 Å². The number of hydrogen-bond acceptors (Lipinski definition) is 2. The Bertz CT molecular complexity index is 682. The van der Waals surface area contributed by atoms with Crippen molar-refractivity contribution in [1.82, 2.24) is 0 Å². The molecule has 2 nitrogen and oxygen atoms in total. The van der Waals surface area contributed by atoms with Crippen LogP contribution in [0.15, 0.2) is 11.6 Å². The standard InChI is InChI=1S/C31H54O2/c1-8-23(21(2)3)10-9-22(4)27-13-14-28-26-12-11-24-19-25(33-20-32-7)15-17-30(24,5)29(26)16-18-31(27,28)6/h11,21-23,25-29H,8-10,12-20H2,1-7H3/t22-,23?,25+,26+,27-,28+,29+,30+,31-/m1/s1. The van der Waals surface area contributed by atoms with Gasteiger partial charge in [0.1, 0.15) is 6.79 Å². The van der Waals surface area contributed by atoms with E-state index in [0.717, 1.165) is 47.8 Å². The molecule has 0 aliphatic heterocycles. The van der Waals surface area contributed by atoms with Crippen LogP contribution in [0.2, 0.25) is 0 Å². The molecule has 0 amide bonds. The summed E-state index contributed by atoms with van der Waals surface area (Å²) in [6.07, 6.45) is 18.2. The van der Waals surface area contributed by atoms with Crippen LogP contribution in [-0.4, -0.2) is 20.0 Å². The molecular weight excluding hydrogens is 404 g/mol. The Morgan fingerprint density at radius 1 is 1.00 bits per heavy atom. The summed E-state index contributed by atoms with van der Waals surface area (Å²) in [6.45, 7) is 15.6. The van der Waals surface area contributed by atoms with Gasteiger partial charge < -0.3 is 9.47 Å².